The van der Waals surface area contributed by atoms with Crippen molar-refractivity contribution in [2.75, 3.05) is 6.61 Å². The standard InChI is InChI=1S/C14H14O3/c1-2-7-17-13-6-5-10-8-12(14(15)16)4-3-11(10)9-13/h3-6,8-9H,2,7H2,1H3,(H,15,16). The first-order valence-corrected chi connectivity index (χ1v) is 5.60. The van der Waals surface area contributed by atoms with E-state index >= 15 is 0 Å². The molecule has 3 heteroatoms. The van der Waals surface area contributed by atoms with Crippen molar-refractivity contribution in [2.45, 2.75) is 13.3 Å². The number of benzene rings is 2. The molecule has 0 amide bonds. The largest absolute Gasteiger partial charge is 0.494 e. The predicted molar refractivity (Wildman–Crippen MR) is 66.7 cm³/mol. The van der Waals surface area contributed by atoms with Gasteiger partial charge in [0.25, 0.3) is 0 Å². The number of fused-ring (bicyclic) bond motifs is 1. The molecule has 0 spiro atoms. The summed E-state index contributed by atoms with van der Waals surface area (Å²) in [6.45, 7) is 2.75. The van der Waals surface area contributed by atoms with Gasteiger partial charge in [-0.3, -0.25) is 0 Å². The van der Waals surface area contributed by atoms with Crippen molar-refractivity contribution in [3.63, 3.8) is 0 Å². The van der Waals surface area contributed by atoms with Crippen LogP contribution >= 0.6 is 0 Å². The lowest BCUT2D eigenvalue weighted by Crippen LogP contribution is -1.96. The SMILES string of the molecule is CCCOc1ccc2cc(C(=O)O)ccc2c1. The molecule has 88 valence electrons. The Hall–Kier alpha value is -2.03. The van der Waals surface area contributed by atoms with Crippen LogP contribution in [0.2, 0.25) is 0 Å². The van der Waals surface area contributed by atoms with Crippen LogP contribution in [-0.4, -0.2) is 17.7 Å². The van der Waals surface area contributed by atoms with Crippen LogP contribution in [0.1, 0.15) is 23.7 Å². The summed E-state index contributed by atoms with van der Waals surface area (Å²) in [6, 6.07) is 10.8. The van der Waals surface area contributed by atoms with E-state index in [2.05, 4.69) is 6.92 Å². The molecule has 0 saturated carbocycles. The molecule has 0 fully saturated rings. The third-order valence-corrected chi connectivity index (χ3v) is 2.53. The summed E-state index contributed by atoms with van der Waals surface area (Å²) in [6.07, 6.45) is 0.968. The molecule has 0 aromatic heterocycles. The molecule has 17 heavy (non-hydrogen) atoms. The molecule has 3 nitrogen and oxygen atoms in total. The summed E-state index contributed by atoms with van der Waals surface area (Å²) < 4.78 is 5.52. The Morgan fingerprint density at radius 2 is 1.88 bits per heavy atom. The van der Waals surface area contributed by atoms with Gasteiger partial charge in [-0.1, -0.05) is 19.1 Å². The van der Waals surface area contributed by atoms with Crippen LogP contribution in [0.5, 0.6) is 5.75 Å². The second-order valence-corrected chi connectivity index (χ2v) is 3.88. The van der Waals surface area contributed by atoms with Gasteiger partial charge in [0.1, 0.15) is 5.75 Å². The second kappa shape index (κ2) is 4.87. The summed E-state index contributed by atoms with van der Waals surface area (Å²) in [5.41, 5.74) is 0.305. The van der Waals surface area contributed by atoms with Crippen LogP contribution in [0.3, 0.4) is 0 Å². The highest BCUT2D eigenvalue weighted by Gasteiger charge is 2.04. The molecule has 0 radical (unpaired) electrons. The molecule has 2 rings (SSSR count). The zero-order valence-electron chi connectivity index (χ0n) is 9.64. The fraction of sp³-hybridized carbons (Fsp3) is 0.214. The third kappa shape index (κ3) is 2.56. The van der Waals surface area contributed by atoms with E-state index in [1.165, 1.54) is 0 Å². The predicted octanol–water partition coefficient (Wildman–Crippen LogP) is 3.33. The fourth-order valence-electron chi connectivity index (χ4n) is 1.67. The van der Waals surface area contributed by atoms with E-state index < -0.39 is 5.97 Å². The topological polar surface area (TPSA) is 46.5 Å². The number of carbonyl (C=O) groups is 1. The molecule has 1 N–H and O–H groups in total. The van der Waals surface area contributed by atoms with Gasteiger partial charge in [0, 0.05) is 0 Å². The lowest BCUT2D eigenvalue weighted by molar-refractivity contribution is 0.0697. The monoisotopic (exact) mass is 230 g/mol. The van der Waals surface area contributed by atoms with Crippen LogP contribution < -0.4 is 4.74 Å². The molecular formula is C14H14O3. The highest BCUT2D eigenvalue weighted by atomic mass is 16.5. The molecular weight excluding hydrogens is 216 g/mol. The van der Waals surface area contributed by atoms with Gasteiger partial charge in [0.05, 0.1) is 12.2 Å². The number of carboxylic acids is 1. The summed E-state index contributed by atoms with van der Waals surface area (Å²) in [5.74, 6) is -0.0827. The number of hydrogen-bond acceptors (Lipinski definition) is 2. The fourth-order valence-corrected chi connectivity index (χ4v) is 1.67. The van der Waals surface area contributed by atoms with Gasteiger partial charge in [-0.2, -0.15) is 0 Å². The van der Waals surface area contributed by atoms with Crippen molar-refractivity contribution in [1.29, 1.82) is 0 Å². The maximum absolute atomic E-state index is 10.8. The highest BCUT2D eigenvalue weighted by molar-refractivity contribution is 5.94. The molecule has 0 aliphatic rings. The van der Waals surface area contributed by atoms with Gasteiger partial charge < -0.3 is 9.84 Å². The van der Waals surface area contributed by atoms with E-state index in [0.29, 0.717) is 12.2 Å². The molecule has 0 aliphatic carbocycles. The van der Waals surface area contributed by atoms with Crippen molar-refractivity contribution < 1.29 is 14.6 Å². The summed E-state index contributed by atoms with van der Waals surface area (Å²) in [7, 11) is 0. The minimum absolute atomic E-state index is 0.305. The average molecular weight is 230 g/mol. The zero-order valence-corrected chi connectivity index (χ0v) is 9.64. The normalized spacial score (nSPS) is 10.4. The van der Waals surface area contributed by atoms with Gasteiger partial charge in [0.15, 0.2) is 0 Å². The minimum Gasteiger partial charge on any atom is -0.494 e. The minimum atomic E-state index is -0.904. The maximum atomic E-state index is 10.8. The molecule has 0 heterocycles. The van der Waals surface area contributed by atoms with Crippen LogP contribution in [0.4, 0.5) is 0 Å². The summed E-state index contributed by atoms with van der Waals surface area (Å²) in [4.78, 5) is 10.8. The maximum Gasteiger partial charge on any atom is 0.335 e. The number of hydrogen-bond donors (Lipinski definition) is 1. The number of rotatable bonds is 4. The number of carboxylic acid groups (broad SMARTS) is 1. The van der Waals surface area contributed by atoms with Crippen molar-refractivity contribution in [3.8, 4) is 5.75 Å². The molecule has 0 saturated heterocycles. The second-order valence-electron chi connectivity index (χ2n) is 3.88. The quantitative estimate of drug-likeness (QED) is 0.876. The molecule has 2 aromatic carbocycles. The average Bonchev–Trinajstić information content (AvgIpc) is 2.35. The van der Waals surface area contributed by atoms with Gasteiger partial charge >= 0.3 is 5.97 Å². The molecule has 0 atom stereocenters. The van der Waals surface area contributed by atoms with E-state index in [0.717, 1.165) is 22.9 Å². The number of ether oxygens (including phenoxy) is 1. The summed E-state index contributed by atoms with van der Waals surface area (Å²) in [5, 5.41) is 10.8. The lowest BCUT2D eigenvalue weighted by atomic mass is 10.1. The highest BCUT2D eigenvalue weighted by Crippen LogP contribution is 2.22. The van der Waals surface area contributed by atoms with Crippen molar-refractivity contribution in [3.05, 3.63) is 42.0 Å². The van der Waals surface area contributed by atoms with Crippen LogP contribution in [0.25, 0.3) is 10.8 Å². The van der Waals surface area contributed by atoms with E-state index in [1.807, 2.05) is 18.2 Å². The Morgan fingerprint density at radius 3 is 2.59 bits per heavy atom. The Bertz CT molecular complexity index is 546. The lowest BCUT2D eigenvalue weighted by Gasteiger charge is -2.06. The molecule has 2 aromatic rings. The van der Waals surface area contributed by atoms with Crippen molar-refractivity contribution in [2.24, 2.45) is 0 Å². The van der Waals surface area contributed by atoms with Gasteiger partial charge in [-0.25, -0.2) is 4.79 Å². The smallest absolute Gasteiger partial charge is 0.335 e. The Morgan fingerprint density at radius 1 is 1.18 bits per heavy atom. The zero-order chi connectivity index (χ0) is 12.3. The van der Waals surface area contributed by atoms with Crippen LogP contribution in [-0.2, 0) is 0 Å². The first-order chi connectivity index (χ1) is 8.20. The van der Waals surface area contributed by atoms with E-state index in [1.54, 1.807) is 18.2 Å². The van der Waals surface area contributed by atoms with Gasteiger partial charge in [0.2, 0.25) is 0 Å². The molecule has 0 unspecified atom stereocenters. The number of aromatic carboxylic acids is 1. The molecule has 0 bridgehead atoms. The Balaban J connectivity index is 2.36. The van der Waals surface area contributed by atoms with Gasteiger partial charge in [-0.15, -0.1) is 0 Å². The van der Waals surface area contributed by atoms with E-state index in [-0.39, 0.29) is 0 Å². The van der Waals surface area contributed by atoms with E-state index in [4.69, 9.17) is 9.84 Å². The first-order valence-electron chi connectivity index (χ1n) is 5.60. The van der Waals surface area contributed by atoms with Gasteiger partial charge in [-0.05, 0) is 41.5 Å². The van der Waals surface area contributed by atoms with E-state index in [9.17, 15) is 4.79 Å². The molecule has 0 aliphatic heterocycles. The third-order valence-electron chi connectivity index (χ3n) is 2.53. The van der Waals surface area contributed by atoms with Crippen LogP contribution in [0.15, 0.2) is 36.4 Å². The Labute approximate surface area is 99.6 Å². The first kappa shape index (κ1) is 11.5. The van der Waals surface area contributed by atoms with Crippen molar-refractivity contribution >= 4 is 16.7 Å². The van der Waals surface area contributed by atoms with Crippen molar-refractivity contribution in [1.82, 2.24) is 0 Å². The Kier molecular flexibility index (Phi) is 3.28. The van der Waals surface area contributed by atoms with Crippen LogP contribution in [0, 0.1) is 0 Å². The summed E-state index contributed by atoms with van der Waals surface area (Å²) >= 11 is 0.